The highest BCUT2D eigenvalue weighted by molar-refractivity contribution is 7.91. The number of halogens is 1. The van der Waals surface area contributed by atoms with Gasteiger partial charge in [-0.05, 0) is 67.4 Å². The van der Waals surface area contributed by atoms with Gasteiger partial charge < -0.3 is 5.32 Å². The lowest BCUT2D eigenvalue weighted by molar-refractivity contribution is 0.592. The van der Waals surface area contributed by atoms with E-state index in [2.05, 4.69) is 20.6 Å². The summed E-state index contributed by atoms with van der Waals surface area (Å²) in [7, 11) is -3.93. The molecule has 0 atom stereocenters. The fourth-order valence-electron chi connectivity index (χ4n) is 3.51. The first kappa shape index (κ1) is 20.4. The maximum absolute atomic E-state index is 13.4. The first-order valence-corrected chi connectivity index (χ1v) is 11.7. The fourth-order valence-corrected chi connectivity index (χ4v) is 5.02. The SMILES string of the molecule is Cc1ccc(S(=O)(=O)c2nnn3c2nc(Nc2cccc(Cl)c2)c2ccccc23)cc1C. The number of aryl methyl sites for hydroxylation is 2. The average molecular weight is 464 g/mol. The lowest BCUT2D eigenvalue weighted by atomic mass is 10.1. The minimum absolute atomic E-state index is 0.145. The molecule has 0 amide bonds. The van der Waals surface area contributed by atoms with Crippen molar-refractivity contribution in [2.24, 2.45) is 0 Å². The van der Waals surface area contributed by atoms with Crippen LogP contribution in [-0.2, 0) is 9.84 Å². The zero-order valence-corrected chi connectivity index (χ0v) is 18.8. The molecule has 0 bridgehead atoms. The number of nitrogens with zero attached hydrogens (tertiary/aromatic N) is 4. The van der Waals surface area contributed by atoms with Crippen molar-refractivity contribution in [2.75, 3.05) is 5.32 Å². The predicted molar refractivity (Wildman–Crippen MR) is 124 cm³/mol. The first-order valence-electron chi connectivity index (χ1n) is 9.84. The number of sulfone groups is 1. The summed E-state index contributed by atoms with van der Waals surface area (Å²) in [5.41, 5.74) is 3.44. The molecule has 0 aliphatic rings. The molecule has 5 aromatic rings. The summed E-state index contributed by atoms with van der Waals surface area (Å²) in [6.45, 7) is 3.80. The van der Waals surface area contributed by atoms with Gasteiger partial charge in [-0.3, -0.25) is 0 Å². The lowest BCUT2D eigenvalue weighted by Crippen LogP contribution is -2.06. The Morgan fingerprint density at radius 3 is 2.53 bits per heavy atom. The quantitative estimate of drug-likeness (QED) is 0.397. The van der Waals surface area contributed by atoms with Gasteiger partial charge in [0, 0.05) is 16.1 Å². The van der Waals surface area contributed by atoms with Crippen LogP contribution in [0, 0.1) is 13.8 Å². The number of hydrogen-bond acceptors (Lipinski definition) is 6. The topological polar surface area (TPSA) is 89.2 Å². The summed E-state index contributed by atoms with van der Waals surface area (Å²) < 4.78 is 28.3. The third kappa shape index (κ3) is 3.37. The highest BCUT2D eigenvalue weighted by Crippen LogP contribution is 2.30. The van der Waals surface area contributed by atoms with Crippen LogP contribution in [0.2, 0.25) is 5.02 Å². The Balaban J connectivity index is 1.74. The molecule has 1 N–H and O–H groups in total. The molecule has 0 saturated carbocycles. The Bertz CT molecular complexity index is 1610. The van der Waals surface area contributed by atoms with Crippen molar-refractivity contribution in [3.63, 3.8) is 0 Å². The molecular weight excluding hydrogens is 446 g/mol. The van der Waals surface area contributed by atoms with Gasteiger partial charge >= 0.3 is 0 Å². The number of fused-ring (bicyclic) bond motifs is 3. The molecule has 2 heterocycles. The highest BCUT2D eigenvalue weighted by atomic mass is 35.5. The van der Waals surface area contributed by atoms with Gasteiger partial charge in [0.2, 0.25) is 14.9 Å². The van der Waals surface area contributed by atoms with Gasteiger partial charge in [-0.1, -0.05) is 41.1 Å². The van der Waals surface area contributed by atoms with Gasteiger partial charge in [0.25, 0.3) is 0 Å². The van der Waals surface area contributed by atoms with Gasteiger partial charge in [0.15, 0.2) is 5.65 Å². The Labute approximate surface area is 189 Å². The summed E-state index contributed by atoms with van der Waals surface area (Å²) in [5.74, 6) is 0.481. The molecule has 0 fully saturated rings. The van der Waals surface area contributed by atoms with Crippen LogP contribution in [-0.4, -0.2) is 28.2 Å². The van der Waals surface area contributed by atoms with Crippen molar-refractivity contribution in [2.45, 2.75) is 23.8 Å². The number of anilines is 2. The van der Waals surface area contributed by atoms with E-state index in [1.165, 1.54) is 4.52 Å². The molecule has 5 rings (SSSR count). The van der Waals surface area contributed by atoms with Crippen molar-refractivity contribution in [3.05, 3.63) is 82.9 Å². The van der Waals surface area contributed by atoms with E-state index in [-0.39, 0.29) is 15.6 Å². The smallest absolute Gasteiger partial charge is 0.229 e. The second-order valence-corrected chi connectivity index (χ2v) is 9.79. The average Bonchev–Trinajstić information content (AvgIpc) is 3.21. The molecule has 0 aliphatic carbocycles. The Kier molecular flexibility index (Phi) is 4.83. The van der Waals surface area contributed by atoms with Crippen molar-refractivity contribution < 1.29 is 8.42 Å². The maximum atomic E-state index is 13.4. The van der Waals surface area contributed by atoms with Crippen LogP contribution in [0.25, 0.3) is 16.6 Å². The number of rotatable bonds is 4. The third-order valence-electron chi connectivity index (χ3n) is 5.35. The van der Waals surface area contributed by atoms with Crippen LogP contribution >= 0.6 is 11.6 Å². The van der Waals surface area contributed by atoms with Gasteiger partial charge in [-0.15, -0.1) is 5.10 Å². The van der Waals surface area contributed by atoms with Gasteiger partial charge in [-0.2, -0.15) is 4.52 Å². The van der Waals surface area contributed by atoms with Crippen LogP contribution in [0.3, 0.4) is 0 Å². The van der Waals surface area contributed by atoms with Gasteiger partial charge in [0.1, 0.15) is 5.82 Å². The molecule has 3 aromatic carbocycles. The molecule has 7 nitrogen and oxygen atoms in total. The van der Waals surface area contributed by atoms with Gasteiger partial charge in [0.05, 0.1) is 10.4 Å². The molecule has 0 saturated heterocycles. The van der Waals surface area contributed by atoms with E-state index in [1.807, 2.05) is 50.2 Å². The van der Waals surface area contributed by atoms with E-state index in [0.29, 0.717) is 16.4 Å². The molecular formula is C23H18ClN5O2S. The zero-order valence-electron chi connectivity index (χ0n) is 17.2. The van der Waals surface area contributed by atoms with Crippen molar-refractivity contribution in [1.82, 2.24) is 19.8 Å². The van der Waals surface area contributed by atoms with E-state index in [1.54, 1.807) is 30.3 Å². The monoisotopic (exact) mass is 463 g/mol. The van der Waals surface area contributed by atoms with Crippen LogP contribution in [0.4, 0.5) is 11.5 Å². The number of benzene rings is 3. The molecule has 0 radical (unpaired) electrons. The second kappa shape index (κ2) is 7.58. The van der Waals surface area contributed by atoms with E-state index < -0.39 is 9.84 Å². The second-order valence-electron chi connectivity index (χ2n) is 7.49. The van der Waals surface area contributed by atoms with Crippen LogP contribution in [0.5, 0.6) is 0 Å². The largest absolute Gasteiger partial charge is 0.340 e. The summed E-state index contributed by atoms with van der Waals surface area (Å²) in [6.07, 6.45) is 0. The van der Waals surface area contributed by atoms with E-state index >= 15 is 0 Å². The van der Waals surface area contributed by atoms with Crippen LogP contribution < -0.4 is 5.32 Å². The third-order valence-corrected chi connectivity index (χ3v) is 7.24. The van der Waals surface area contributed by atoms with Crippen molar-refractivity contribution in [3.8, 4) is 0 Å². The van der Waals surface area contributed by atoms with Gasteiger partial charge in [-0.25, -0.2) is 13.4 Å². The lowest BCUT2D eigenvalue weighted by Gasteiger charge is -2.11. The first-order chi connectivity index (χ1) is 15.3. The normalized spacial score (nSPS) is 11.8. The molecule has 160 valence electrons. The molecule has 0 aliphatic heterocycles. The maximum Gasteiger partial charge on any atom is 0.229 e. The van der Waals surface area contributed by atoms with Crippen LogP contribution in [0.15, 0.2) is 76.7 Å². The Morgan fingerprint density at radius 1 is 0.938 bits per heavy atom. The van der Waals surface area contributed by atoms with Crippen LogP contribution in [0.1, 0.15) is 11.1 Å². The fraction of sp³-hybridized carbons (Fsp3) is 0.0870. The van der Waals surface area contributed by atoms with E-state index in [9.17, 15) is 8.42 Å². The highest BCUT2D eigenvalue weighted by Gasteiger charge is 2.27. The molecule has 2 aromatic heterocycles. The number of para-hydroxylation sites is 1. The zero-order chi connectivity index (χ0) is 22.5. The number of hydrogen-bond donors (Lipinski definition) is 1. The molecule has 9 heteroatoms. The van der Waals surface area contributed by atoms with E-state index in [4.69, 9.17) is 11.6 Å². The van der Waals surface area contributed by atoms with E-state index in [0.717, 1.165) is 22.2 Å². The Hall–Kier alpha value is -3.49. The predicted octanol–water partition coefficient (Wildman–Crippen LogP) is 5.12. The number of aromatic nitrogens is 4. The summed E-state index contributed by atoms with van der Waals surface area (Å²) in [5, 5.41) is 12.5. The summed E-state index contributed by atoms with van der Waals surface area (Å²) in [4.78, 5) is 4.78. The number of nitrogens with one attached hydrogen (secondary N) is 1. The summed E-state index contributed by atoms with van der Waals surface area (Å²) in [6, 6.07) is 19.7. The van der Waals surface area contributed by atoms with Crippen molar-refractivity contribution >= 4 is 49.5 Å². The Morgan fingerprint density at radius 2 is 1.75 bits per heavy atom. The summed E-state index contributed by atoms with van der Waals surface area (Å²) >= 11 is 6.12. The minimum atomic E-state index is -3.93. The molecule has 0 spiro atoms. The standard InChI is InChI=1S/C23H18ClN5O2S/c1-14-10-11-18(12-15(14)2)32(30,31)23-22-26-21(25-17-7-5-6-16(24)13-17)19-8-3-4-9-20(19)29(22)28-27-23/h3-13H,1-2H3,(H,25,26). The molecule has 32 heavy (non-hydrogen) atoms. The minimum Gasteiger partial charge on any atom is -0.340 e. The van der Waals surface area contributed by atoms with Crippen molar-refractivity contribution in [1.29, 1.82) is 0 Å². The molecule has 0 unspecified atom stereocenters.